The molecule has 1 aliphatic rings. The van der Waals surface area contributed by atoms with Crippen LogP contribution in [-0.4, -0.2) is 45.8 Å². The molecule has 9 nitrogen and oxygen atoms in total. The van der Waals surface area contributed by atoms with Crippen LogP contribution in [0.4, 0.5) is 19.0 Å². The summed E-state index contributed by atoms with van der Waals surface area (Å²) in [6, 6.07) is 6.53. The molecular weight excluding hydrogens is 520 g/mol. The molecule has 0 spiro atoms. The highest BCUT2D eigenvalue weighted by atomic mass is 31.0. The number of aromatic nitrogens is 3. The molecule has 1 unspecified atom stereocenters. The Morgan fingerprint density at radius 2 is 1.97 bits per heavy atom. The molecule has 2 aromatic heterocycles. The zero-order valence-corrected chi connectivity index (χ0v) is 22.1. The van der Waals surface area contributed by atoms with E-state index in [-0.39, 0.29) is 47.0 Å². The van der Waals surface area contributed by atoms with Gasteiger partial charge in [0.15, 0.2) is 5.82 Å². The minimum Gasteiger partial charge on any atom is -0.433 e. The molecule has 202 valence electrons. The van der Waals surface area contributed by atoms with Crippen molar-refractivity contribution in [3.63, 3.8) is 0 Å². The van der Waals surface area contributed by atoms with E-state index in [1.165, 1.54) is 23.0 Å². The lowest BCUT2D eigenvalue weighted by Gasteiger charge is -2.19. The summed E-state index contributed by atoms with van der Waals surface area (Å²) in [4.78, 5) is 29.3. The number of rotatable bonds is 8. The molecule has 1 saturated heterocycles. The summed E-state index contributed by atoms with van der Waals surface area (Å²) in [5.41, 5.74) is 7.46. The van der Waals surface area contributed by atoms with Crippen LogP contribution >= 0.6 is 9.24 Å². The van der Waals surface area contributed by atoms with Crippen molar-refractivity contribution in [1.82, 2.24) is 20.1 Å². The Labute approximate surface area is 219 Å². The molecule has 4 N–H and O–H groups in total. The number of anilines is 1. The van der Waals surface area contributed by atoms with Crippen molar-refractivity contribution < 1.29 is 27.5 Å². The van der Waals surface area contributed by atoms with Crippen LogP contribution in [0.25, 0.3) is 16.9 Å². The Morgan fingerprint density at radius 3 is 2.63 bits per heavy atom. The van der Waals surface area contributed by atoms with Gasteiger partial charge in [-0.2, -0.15) is 8.78 Å². The number of hydrogen-bond donors (Lipinski definition) is 3. The molecule has 3 aromatic rings. The van der Waals surface area contributed by atoms with E-state index in [0.717, 1.165) is 17.7 Å². The first-order chi connectivity index (χ1) is 17.7. The van der Waals surface area contributed by atoms with Crippen LogP contribution < -0.4 is 21.1 Å². The Bertz CT molecular complexity index is 1370. The molecule has 2 amide bonds. The lowest BCUT2D eigenvalue weighted by atomic mass is 9.95. The number of carbonyl (C=O) groups excluding carboxylic acids is 2. The molecule has 1 aliphatic heterocycles. The number of hydrogen-bond acceptors (Lipinski definition) is 6. The highest BCUT2D eigenvalue weighted by molar-refractivity contribution is 7.18. The Kier molecular flexibility index (Phi) is 7.49. The molecule has 0 aliphatic carbocycles. The second kappa shape index (κ2) is 10.3. The van der Waals surface area contributed by atoms with Gasteiger partial charge in [-0.3, -0.25) is 14.6 Å². The van der Waals surface area contributed by atoms with Gasteiger partial charge in [0.1, 0.15) is 11.6 Å². The fourth-order valence-electron chi connectivity index (χ4n) is 4.15. The fourth-order valence-corrected chi connectivity index (χ4v) is 4.31. The molecular formula is C25H28F3N6O3P. The predicted octanol–water partition coefficient (Wildman–Crippen LogP) is 3.43. The molecule has 13 heteroatoms. The van der Waals surface area contributed by atoms with E-state index in [4.69, 9.17) is 5.73 Å². The van der Waals surface area contributed by atoms with Crippen LogP contribution in [-0.2, 0) is 14.7 Å². The largest absolute Gasteiger partial charge is 0.433 e. The first kappa shape index (κ1) is 27.5. The summed E-state index contributed by atoms with van der Waals surface area (Å²) in [5.74, 6) is -3.25. The molecule has 3 atom stereocenters. The van der Waals surface area contributed by atoms with Gasteiger partial charge in [-0.15, -0.1) is 14.3 Å². The summed E-state index contributed by atoms with van der Waals surface area (Å²) >= 11 is 0. The summed E-state index contributed by atoms with van der Waals surface area (Å²) < 4.78 is 47.5. The average molecular weight is 549 g/mol. The van der Waals surface area contributed by atoms with Gasteiger partial charge in [0, 0.05) is 49.1 Å². The number of alkyl halides is 2. The van der Waals surface area contributed by atoms with Gasteiger partial charge >= 0.3 is 6.11 Å². The van der Waals surface area contributed by atoms with E-state index in [1.54, 1.807) is 6.20 Å². The number of benzene rings is 1. The maximum atomic E-state index is 14.5. The van der Waals surface area contributed by atoms with Crippen LogP contribution in [0.5, 0.6) is 5.75 Å². The molecule has 1 fully saturated rings. The smallest absolute Gasteiger partial charge is 0.394 e. The number of pyridine rings is 1. The third kappa shape index (κ3) is 6.14. The first-order valence-electron chi connectivity index (χ1n) is 11.8. The van der Waals surface area contributed by atoms with E-state index >= 15 is 0 Å². The van der Waals surface area contributed by atoms with Gasteiger partial charge in [0.05, 0.1) is 29.4 Å². The zero-order valence-electron chi connectivity index (χ0n) is 21.0. The zero-order chi connectivity index (χ0) is 27.8. The Hall–Kier alpha value is -3.50. The highest BCUT2D eigenvalue weighted by Crippen LogP contribution is 2.34. The predicted molar refractivity (Wildman–Crippen MR) is 138 cm³/mol. The maximum absolute atomic E-state index is 14.5. The van der Waals surface area contributed by atoms with Crippen LogP contribution in [0.3, 0.4) is 0 Å². The van der Waals surface area contributed by atoms with Gasteiger partial charge < -0.3 is 21.1 Å². The average Bonchev–Trinajstić information content (AvgIpc) is 3.40. The van der Waals surface area contributed by atoms with Crippen molar-refractivity contribution in [2.75, 3.05) is 18.4 Å². The van der Waals surface area contributed by atoms with Crippen molar-refractivity contribution in [2.45, 2.75) is 32.0 Å². The van der Waals surface area contributed by atoms with E-state index in [9.17, 15) is 22.8 Å². The monoisotopic (exact) mass is 548 g/mol. The van der Waals surface area contributed by atoms with Gasteiger partial charge in [0.25, 0.3) is 0 Å². The van der Waals surface area contributed by atoms with E-state index in [2.05, 4.69) is 34.7 Å². The maximum Gasteiger partial charge on any atom is 0.394 e. The number of nitrogens with two attached hydrogens (primary N) is 1. The molecule has 4 rings (SSSR count). The standard InChI is InChI=1S/C25H28F3N6O3P/c1-24(2,38)14-6-16(11-30-10-14)34-20(13-4-15(26)7-17(5-13)37-25(3,27)28)8-21(33-34)32-23(36)19-12-31-22(35)18(19)9-29/h4-8,10-11,18-19H,9,12,29,38H2,1-3H3,(H,31,35)(H,32,33,36)/t18-,19+/m1/s1. The lowest BCUT2D eigenvalue weighted by molar-refractivity contribution is -0.159. The molecule has 0 radical (unpaired) electrons. The first-order valence-corrected chi connectivity index (χ1v) is 12.3. The van der Waals surface area contributed by atoms with Crippen molar-refractivity contribution in [2.24, 2.45) is 17.6 Å². The number of carbonyl (C=O) groups is 2. The second-order valence-electron chi connectivity index (χ2n) is 9.75. The summed E-state index contributed by atoms with van der Waals surface area (Å²) in [6.07, 6.45) is -0.306. The Balaban J connectivity index is 1.79. The summed E-state index contributed by atoms with van der Waals surface area (Å²) in [5, 5.41) is 9.47. The third-order valence-corrected chi connectivity index (χ3v) is 6.38. The summed E-state index contributed by atoms with van der Waals surface area (Å²) in [6.45, 7) is 4.63. The second-order valence-corrected chi connectivity index (χ2v) is 11.2. The topological polar surface area (TPSA) is 124 Å². The number of nitrogens with one attached hydrogen (secondary N) is 2. The minimum atomic E-state index is -3.53. The molecule has 38 heavy (non-hydrogen) atoms. The van der Waals surface area contributed by atoms with Crippen molar-refractivity contribution in [3.05, 3.63) is 54.1 Å². The highest BCUT2D eigenvalue weighted by Gasteiger charge is 2.38. The number of ether oxygens (including phenoxy) is 1. The molecule has 3 heterocycles. The Morgan fingerprint density at radius 1 is 1.24 bits per heavy atom. The minimum absolute atomic E-state index is 0.00101. The van der Waals surface area contributed by atoms with E-state index < -0.39 is 29.7 Å². The van der Waals surface area contributed by atoms with Crippen molar-refractivity contribution in [1.29, 1.82) is 0 Å². The number of halogens is 3. The fraction of sp³-hybridized carbons (Fsp3) is 0.360. The SMILES string of the molecule is CC(F)(F)Oc1cc(F)cc(-c2cc(NC(=O)[C@H]3CNC(=O)[C@@H]3CN)nn2-c2cncc(C(C)(C)P)c2)c1. The third-order valence-electron chi connectivity index (χ3n) is 6.05. The molecule has 1 aromatic carbocycles. The van der Waals surface area contributed by atoms with Crippen molar-refractivity contribution >= 4 is 26.9 Å². The quantitative estimate of drug-likeness (QED) is 0.371. The van der Waals surface area contributed by atoms with Gasteiger partial charge in [0.2, 0.25) is 11.8 Å². The van der Waals surface area contributed by atoms with Gasteiger partial charge in [-0.05, 0) is 23.8 Å². The molecule has 0 saturated carbocycles. The molecule has 0 bridgehead atoms. The van der Waals surface area contributed by atoms with Crippen LogP contribution in [0.15, 0.2) is 42.7 Å². The number of amides is 2. The van der Waals surface area contributed by atoms with Crippen LogP contribution in [0, 0.1) is 17.7 Å². The van der Waals surface area contributed by atoms with Gasteiger partial charge in [-0.25, -0.2) is 9.07 Å². The summed E-state index contributed by atoms with van der Waals surface area (Å²) in [7, 11) is 2.71. The van der Waals surface area contributed by atoms with E-state index in [1.807, 2.05) is 19.9 Å². The van der Waals surface area contributed by atoms with Gasteiger partial charge in [-0.1, -0.05) is 13.8 Å². The normalized spacial score (nSPS) is 17.8. The van der Waals surface area contributed by atoms with Crippen molar-refractivity contribution in [3.8, 4) is 22.7 Å². The van der Waals surface area contributed by atoms with E-state index in [0.29, 0.717) is 12.6 Å². The van der Waals surface area contributed by atoms with Crippen LogP contribution in [0.1, 0.15) is 26.3 Å². The lowest BCUT2D eigenvalue weighted by Crippen LogP contribution is -2.34. The van der Waals surface area contributed by atoms with Crippen LogP contribution in [0.2, 0.25) is 0 Å². The number of nitrogens with zero attached hydrogens (tertiary/aromatic N) is 3.